The lowest BCUT2D eigenvalue weighted by Crippen LogP contribution is -2.06. The minimum Gasteiger partial charge on any atom is -0.456 e. The van der Waals surface area contributed by atoms with E-state index in [2.05, 4.69) is 86.4 Å². The van der Waals surface area contributed by atoms with E-state index >= 15 is 0 Å². The molecule has 136 valence electrons. The molecule has 0 aliphatic carbocycles. The molecule has 0 bridgehead atoms. The average Bonchev–Trinajstić information content (AvgIpc) is 2.78. The third-order valence-electron chi connectivity index (χ3n) is 4.20. The van der Waals surface area contributed by atoms with Crippen LogP contribution in [-0.4, -0.2) is 0 Å². The first-order valence-electron chi connectivity index (χ1n) is 8.87. The Morgan fingerprint density at radius 3 is 2.12 bits per heavy atom. The highest BCUT2D eigenvalue weighted by atomic mass is 16.3. The number of rotatable bonds is 6. The van der Waals surface area contributed by atoms with E-state index in [1.54, 1.807) is 0 Å². The van der Waals surface area contributed by atoms with Crippen molar-refractivity contribution in [1.82, 2.24) is 0 Å². The van der Waals surface area contributed by atoms with Crippen LogP contribution < -0.4 is 0 Å². The standard InChI is InChI=1S/C24H34O/c1-11-19(16-17(3)24(8,9)10)22-18(4)20(12-2)21(25-22)14-13-15-23(5,6)7/h11-14,16H,1-3,15H2,4-10H3/b14-13-,19-16-. The molecule has 0 amide bonds. The summed E-state index contributed by atoms with van der Waals surface area (Å²) in [4.78, 5) is 0. The quantitative estimate of drug-likeness (QED) is 0.481. The van der Waals surface area contributed by atoms with Crippen LogP contribution >= 0.6 is 0 Å². The molecule has 0 N–H and O–H groups in total. The van der Waals surface area contributed by atoms with Gasteiger partial charge < -0.3 is 4.42 Å². The molecule has 25 heavy (non-hydrogen) atoms. The van der Waals surface area contributed by atoms with E-state index in [4.69, 9.17) is 4.42 Å². The first-order valence-corrected chi connectivity index (χ1v) is 8.87. The van der Waals surface area contributed by atoms with Gasteiger partial charge >= 0.3 is 0 Å². The highest BCUT2D eigenvalue weighted by Crippen LogP contribution is 2.34. The van der Waals surface area contributed by atoms with E-state index in [1.807, 2.05) is 12.2 Å². The fourth-order valence-electron chi connectivity index (χ4n) is 2.34. The second kappa shape index (κ2) is 7.91. The summed E-state index contributed by atoms with van der Waals surface area (Å²) >= 11 is 0. The maximum absolute atomic E-state index is 6.18. The second-order valence-electron chi connectivity index (χ2n) is 8.78. The van der Waals surface area contributed by atoms with Gasteiger partial charge in [0.1, 0.15) is 11.5 Å². The van der Waals surface area contributed by atoms with Gasteiger partial charge in [-0.05, 0) is 41.9 Å². The molecule has 0 aliphatic rings. The summed E-state index contributed by atoms with van der Waals surface area (Å²) in [5.74, 6) is 1.69. The van der Waals surface area contributed by atoms with E-state index in [0.717, 1.165) is 40.2 Å². The van der Waals surface area contributed by atoms with E-state index in [-0.39, 0.29) is 10.8 Å². The van der Waals surface area contributed by atoms with Crippen LogP contribution in [-0.2, 0) is 0 Å². The van der Waals surface area contributed by atoms with Crippen LogP contribution in [0.4, 0.5) is 0 Å². The summed E-state index contributed by atoms with van der Waals surface area (Å²) in [7, 11) is 0. The Morgan fingerprint density at radius 1 is 1.08 bits per heavy atom. The van der Waals surface area contributed by atoms with Crippen LogP contribution in [0.1, 0.15) is 70.6 Å². The molecule has 0 aromatic carbocycles. The van der Waals surface area contributed by atoms with E-state index < -0.39 is 0 Å². The van der Waals surface area contributed by atoms with Gasteiger partial charge in [-0.25, -0.2) is 0 Å². The molecule has 1 heterocycles. The lowest BCUT2D eigenvalue weighted by atomic mass is 9.86. The van der Waals surface area contributed by atoms with Crippen LogP contribution in [0, 0.1) is 17.8 Å². The predicted molar refractivity (Wildman–Crippen MR) is 113 cm³/mol. The zero-order chi connectivity index (χ0) is 19.4. The third kappa shape index (κ3) is 5.77. The van der Waals surface area contributed by atoms with Crippen molar-refractivity contribution in [2.45, 2.75) is 54.9 Å². The molecule has 0 saturated heterocycles. The van der Waals surface area contributed by atoms with Gasteiger partial charge in [0.25, 0.3) is 0 Å². The maximum Gasteiger partial charge on any atom is 0.138 e. The Morgan fingerprint density at radius 2 is 1.68 bits per heavy atom. The molecule has 0 radical (unpaired) electrons. The average molecular weight is 339 g/mol. The number of hydrogen-bond acceptors (Lipinski definition) is 1. The van der Waals surface area contributed by atoms with Gasteiger partial charge in [0.05, 0.1) is 0 Å². The van der Waals surface area contributed by atoms with E-state index in [9.17, 15) is 0 Å². The Hall–Kier alpha value is -2.02. The van der Waals surface area contributed by atoms with Gasteiger partial charge in [0, 0.05) is 16.7 Å². The topological polar surface area (TPSA) is 13.1 Å². The van der Waals surface area contributed by atoms with Crippen molar-refractivity contribution in [2.24, 2.45) is 10.8 Å². The zero-order valence-electron chi connectivity index (χ0n) is 17.1. The van der Waals surface area contributed by atoms with Crippen molar-refractivity contribution in [2.75, 3.05) is 0 Å². The fraction of sp³-hybridized carbons (Fsp3) is 0.417. The summed E-state index contributed by atoms with van der Waals surface area (Å²) in [5.41, 5.74) is 4.38. The van der Waals surface area contributed by atoms with Crippen LogP contribution in [0.3, 0.4) is 0 Å². The summed E-state index contributed by atoms with van der Waals surface area (Å²) in [5, 5.41) is 0. The summed E-state index contributed by atoms with van der Waals surface area (Å²) < 4.78 is 6.18. The van der Waals surface area contributed by atoms with Crippen molar-refractivity contribution < 1.29 is 4.42 Å². The molecular formula is C24H34O. The molecule has 1 rings (SSSR count). The van der Waals surface area contributed by atoms with Crippen molar-refractivity contribution in [3.63, 3.8) is 0 Å². The lowest BCUT2D eigenvalue weighted by molar-refractivity contribution is 0.421. The molecule has 1 nitrogen and oxygen atoms in total. The zero-order valence-corrected chi connectivity index (χ0v) is 17.1. The van der Waals surface area contributed by atoms with Gasteiger partial charge in [-0.3, -0.25) is 0 Å². The smallest absolute Gasteiger partial charge is 0.138 e. The van der Waals surface area contributed by atoms with Gasteiger partial charge in [-0.15, -0.1) is 0 Å². The molecule has 0 atom stereocenters. The molecule has 1 aromatic rings. The molecule has 0 aliphatic heterocycles. The van der Waals surface area contributed by atoms with Crippen LogP contribution in [0.2, 0.25) is 0 Å². The highest BCUT2D eigenvalue weighted by molar-refractivity contribution is 5.79. The fourth-order valence-corrected chi connectivity index (χ4v) is 2.34. The van der Waals surface area contributed by atoms with Crippen LogP contribution in [0.25, 0.3) is 17.7 Å². The van der Waals surface area contributed by atoms with Crippen molar-refractivity contribution in [3.05, 3.63) is 66.2 Å². The Labute approximate surface area is 154 Å². The monoisotopic (exact) mass is 338 g/mol. The molecule has 1 heteroatoms. The second-order valence-corrected chi connectivity index (χ2v) is 8.78. The Bertz CT molecular complexity index is 707. The predicted octanol–water partition coefficient (Wildman–Crippen LogP) is 7.85. The minimum atomic E-state index is 0.00542. The number of allylic oxidation sites excluding steroid dienone is 5. The molecule has 0 saturated carbocycles. The summed E-state index contributed by atoms with van der Waals surface area (Å²) in [6.45, 7) is 27.3. The molecule has 0 fully saturated rings. The van der Waals surface area contributed by atoms with Gasteiger partial charge in [0.15, 0.2) is 0 Å². The van der Waals surface area contributed by atoms with Crippen LogP contribution in [0.5, 0.6) is 0 Å². The van der Waals surface area contributed by atoms with Gasteiger partial charge in [-0.1, -0.05) is 79.5 Å². The Kier molecular flexibility index (Phi) is 6.65. The maximum atomic E-state index is 6.18. The number of furan rings is 1. The molecule has 0 unspecified atom stereocenters. The summed E-state index contributed by atoms with van der Waals surface area (Å²) in [6, 6.07) is 0. The minimum absolute atomic E-state index is 0.00542. The molecule has 1 aromatic heterocycles. The van der Waals surface area contributed by atoms with Crippen molar-refractivity contribution in [3.8, 4) is 0 Å². The van der Waals surface area contributed by atoms with Crippen molar-refractivity contribution in [1.29, 1.82) is 0 Å². The first-order chi connectivity index (χ1) is 11.4. The van der Waals surface area contributed by atoms with Gasteiger partial charge in [-0.2, -0.15) is 0 Å². The van der Waals surface area contributed by atoms with Gasteiger partial charge in [0.2, 0.25) is 0 Å². The third-order valence-corrected chi connectivity index (χ3v) is 4.20. The van der Waals surface area contributed by atoms with Crippen molar-refractivity contribution >= 4 is 17.7 Å². The first kappa shape index (κ1) is 21.0. The summed E-state index contributed by atoms with van der Waals surface area (Å²) in [6.07, 6.45) is 11.0. The lowest BCUT2D eigenvalue weighted by Gasteiger charge is -2.19. The van der Waals surface area contributed by atoms with E-state index in [1.165, 1.54) is 0 Å². The highest BCUT2D eigenvalue weighted by Gasteiger charge is 2.18. The Balaban J connectivity index is 3.33. The molecule has 0 spiro atoms. The number of hydrogen-bond donors (Lipinski definition) is 0. The largest absolute Gasteiger partial charge is 0.456 e. The van der Waals surface area contributed by atoms with E-state index in [0.29, 0.717) is 0 Å². The SMILES string of the molecule is C=C/C(=C/C(=C)C(C)(C)C)c1oc(/C=C\CC(C)(C)C)c(C=C)c1C. The van der Waals surface area contributed by atoms with Crippen LogP contribution in [0.15, 0.2) is 48.0 Å². The molecular weight excluding hydrogens is 304 g/mol. The normalized spacial score (nSPS) is 13.3.